The summed E-state index contributed by atoms with van der Waals surface area (Å²) >= 11 is 0. The second kappa shape index (κ2) is 9.48. The Morgan fingerprint density at radius 2 is 1.00 bits per heavy atom. The Morgan fingerprint density at radius 1 is 0.667 bits per heavy atom. The zero-order valence-corrected chi connectivity index (χ0v) is 17.5. The molecule has 0 aromatic rings. The minimum Gasteiger partial charge on any atom is -0.396 e. The second-order valence-corrected chi connectivity index (χ2v) is 19.6. The van der Waals surface area contributed by atoms with Crippen molar-refractivity contribution in [1.82, 2.24) is 0 Å². The highest BCUT2D eigenvalue weighted by molar-refractivity contribution is 6.79. The standard InChI is InChI=1S/C17H40O2Si2/c1-17(2,15-20(3,4)13-9-7-11-18)16-21(5,6)14-10-8-12-19/h18-19H,7-16H2,1-6H3. The summed E-state index contributed by atoms with van der Waals surface area (Å²) in [6.45, 7) is 15.7. The Kier molecular flexibility index (Phi) is 9.64. The Balaban J connectivity index is 4.38. The number of hydrogen-bond acceptors (Lipinski definition) is 2. The lowest BCUT2D eigenvalue weighted by Crippen LogP contribution is -2.38. The van der Waals surface area contributed by atoms with Crippen LogP contribution in [0.5, 0.6) is 0 Å². The van der Waals surface area contributed by atoms with Crippen LogP contribution in [0.25, 0.3) is 0 Å². The molecule has 2 nitrogen and oxygen atoms in total. The lowest BCUT2D eigenvalue weighted by molar-refractivity contribution is 0.286. The van der Waals surface area contributed by atoms with Crippen molar-refractivity contribution in [3.8, 4) is 0 Å². The molecule has 21 heavy (non-hydrogen) atoms. The molecule has 0 heterocycles. The molecule has 128 valence electrons. The van der Waals surface area contributed by atoms with E-state index in [2.05, 4.69) is 40.0 Å². The first kappa shape index (κ1) is 21.4. The van der Waals surface area contributed by atoms with Gasteiger partial charge in [-0.1, -0.05) is 77.1 Å². The SMILES string of the molecule is CC(C)(C[Si](C)(C)CCCCO)C[Si](C)(C)CCCCO. The molecule has 0 saturated heterocycles. The van der Waals surface area contributed by atoms with Crippen LogP contribution in [-0.2, 0) is 0 Å². The first-order chi connectivity index (χ1) is 9.54. The van der Waals surface area contributed by atoms with Crippen molar-refractivity contribution in [2.45, 2.75) is 89.9 Å². The molecule has 0 saturated carbocycles. The maximum atomic E-state index is 8.95. The van der Waals surface area contributed by atoms with Crippen molar-refractivity contribution in [3.63, 3.8) is 0 Å². The van der Waals surface area contributed by atoms with E-state index in [4.69, 9.17) is 10.2 Å². The lowest BCUT2D eigenvalue weighted by Gasteiger charge is -2.39. The normalized spacial score (nSPS) is 13.7. The first-order valence-corrected chi connectivity index (χ1v) is 15.6. The summed E-state index contributed by atoms with van der Waals surface area (Å²) in [5.41, 5.74) is 0.462. The van der Waals surface area contributed by atoms with Crippen LogP contribution in [0.2, 0.25) is 50.4 Å². The highest BCUT2D eigenvalue weighted by atomic mass is 28.3. The number of unbranched alkanes of at least 4 members (excludes halogenated alkanes) is 2. The quantitative estimate of drug-likeness (QED) is 0.391. The summed E-state index contributed by atoms with van der Waals surface area (Å²) in [6.07, 6.45) is 4.34. The van der Waals surface area contributed by atoms with E-state index < -0.39 is 16.1 Å². The van der Waals surface area contributed by atoms with Gasteiger partial charge in [0.25, 0.3) is 0 Å². The first-order valence-electron chi connectivity index (χ1n) is 8.75. The molecule has 0 unspecified atom stereocenters. The molecule has 0 aliphatic rings. The lowest BCUT2D eigenvalue weighted by atomic mass is 10.00. The fourth-order valence-electron chi connectivity index (χ4n) is 4.26. The van der Waals surface area contributed by atoms with Crippen molar-refractivity contribution < 1.29 is 10.2 Å². The summed E-state index contributed by atoms with van der Waals surface area (Å²) in [7, 11) is -2.29. The molecule has 0 rings (SSSR count). The Bertz CT molecular complexity index is 250. The maximum absolute atomic E-state index is 8.95. The van der Waals surface area contributed by atoms with Crippen molar-refractivity contribution in [3.05, 3.63) is 0 Å². The van der Waals surface area contributed by atoms with Crippen molar-refractivity contribution in [1.29, 1.82) is 0 Å². The molecule has 0 bridgehead atoms. The summed E-state index contributed by atoms with van der Waals surface area (Å²) in [4.78, 5) is 0. The summed E-state index contributed by atoms with van der Waals surface area (Å²) in [5, 5.41) is 17.9. The van der Waals surface area contributed by atoms with Gasteiger partial charge in [0.1, 0.15) is 0 Å². The number of rotatable bonds is 12. The minimum absolute atomic E-state index is 0.346. The van der Waals surface area contributed by atoms with Crippen molar-refractivity contribution >= 4 is 16.1 Å². The molecule has 0 spiro atoms. The minimum atomic E-state index is -1.14. The Morgan fingerprint density at radius 3 is 1.29 bits per heavy atom. The third kappa shape index (κ3) is 11.6. The molecule has 0 radical (unpaired) electrons. The van der Waals surface area contributed by atoms with E-state index in [-0.39, 0.29) is 0 Å². The zero-order valence-electron chi connectivity index (χ0n) is 15.5. The summed E-state index contributed by atoms with van der Waals surface area (Å²) in [6, 6.07) is 5.51. The van der Waals surface area contributed by atoms with Crippen LogP contribution < -0.4 is 0 Å². The summed E-state index contributed by atoms with van der Waals surface area (Å²) in [5.74, 6) is 0. The highest BCUT2D eigenvalue weighted by Gasteiger charge is 2.35. The van der Waals surface area contributed by atoms with Crippen LogP contribution in [0, 0.1) is 5.41 Å². The molecular formula is C17H40O2Si2. The zero-order chi connectivity index (χ0) is 16.6. The Labute approximate surface area is 135 Å². The topological polar surface area (TPSA) is 40.5 Å². The number of hydrogen-bond donors (Lipinski definition) is 2. The molecule has 2 N–H and O–H groups in total. The highest BCUT2D eigenvalue weighted by Crippen LogP contribution is 2.39. The smallest absolute Gasteiger partial charge is 0.0478 e. The van der Waals surface area contributed by atoms with E-state index in [0.29, 0.717) is 18.6 Å². The molecule has 0 aromatic heterocycles. The van der Waals surface area contributed by atoms with Crippen LogP contribution in [0.1, 0.15) is 39.5 Å². The Hall–Kier alpha value is 0.354. The number of aliphatic hydroxyl groups is 2. The van der Waals surface area contributed by atoms with E-state index in [1.807, 2.05) is 0 Å². The molecule has 0 aliphatic heterocycles. The third-order valence-corrected chi connectivity index (χ3v) is 11.7. The summed E-state index contributed by atoms with van der Waals surface area (Å²) < 4.78 is 0. The van der Waals surface area contributed by atoms with Gasteiger partial charge in [0.05, 0.1) is 0 Å². The average molecular weight is 333 g/mol. The maximum Gasteiger partial charge on any atom is 0.0478 e. The van der Waals surface area contributed by atoms with Crippen LogP contribution in [-0.4, -0.2) is 39.6 Å². The molecule has 0 aromatic carbocycles. The molecule has 0 atom stereocenters. The van der Waals surface area contributed by atoms with Crippen LogP contribution in [0.3, 0.4) is 0 Å². The molecule has 0 aliphatic carbocycles. The van der Waals surface area contributed by atoms with Crippen molar-refractivity contribution in [2.24, 2.45) is 5.41 Å². The fourth-order valence-corrected chi connectivity index (χ4v) is 12.7. The van der Waals surface area contributed by atoms with Gasteiger partial charge in [-0.3, -0.25) is 0 Å². The van der Waals surface area contributed by atoms with Gasteiger partial charge in [0, 0.05) is 29.4 Å². The van der Waals surface area contributed by atoms with Crippen LogP contribution in [0.15, 0.2) is 0 Å². The average Bonchev–Trinajstić information content (AvgIpc) is 2.25. The van der Waals surface area contributed by atoms with Gasteiger partial charge in [0.2, 0.25) is 0 Å². The van der Waals surface area contributed by atoms with E-state index in [1.54, 1.807) is 0 Å². The van der Waals surface area contributed by atoms with Gasteiger partial charge in [-0.15, -0.1) is 0 Å². The van der Waals surface area contributed by atoms with Crippen LogP contribution >= 0.6 is 0 Å². The van der Waals surface area contributed by atoms with Gasteiger partial charge >= 0.3 is 0 Å². The molecular weight excluding hydrogens is 292 g/mol. The second-order valence-electron chi connectivity index (χ2n) is 9.21. The fraction of sp³-hybridized carbons (Fsp3) is 1.00. The van der Waals surface area contributed by atoms with E-state index in [1.165, 1.54) is 37.0 Å². The molecule has 4 heteroatoms. The van der Waals surface area contributed by atoms with Gasteiger partial charge in [0.15, 0.2) is 0 Å². The van der Waals surface area contributed by atoms with Gasteiger partial charge in [-0.25, -0.2) is 0 Å². The van der Waals surface area contributed by atoms with Crippen LogP contribution in [0.4, 0.5) is 0 Å². The van der Waals surface area contributed by atoms with E-state index >= 15 is 0 Å². The number of aliphatic hydroxyl groups excluding tert-OH is 2. The van der Waals surface area contributed by atoms with Gasteiger partial charge < -0.3 is 10.2 Å². The monoisotopic (exact) mass is 332 g/mol. The van der Waals surface area contributed by atoms with Crippen molar-refractivity contribution in [2.75, 3.05) is 13.2 Å². The van der Waals surface area contributed by atoms with Gasteiger partial charge in [-0.2, -0.15) is 0 Å². The largest absolute Gasteiger partial charge is 0.396 e. The predicted octanol–water partition coefficient (Wildman–Crippen LogP) is 4.97. The van der Waals surface area contributed by atoms with Gasteiger partial charge in [-0.05, 0) is 18.3 Å². The molecule has 0 fully saturated rings. The van der Waals surface area contributed by atoms with E-state index in [9.17, 15) is 0 Å². The third-order valence-electron chi connectivity index (χ3n) is 4.44. The molecule has 0 amide bonds. The van der Waals surface area contributed by atoms with E-state index in [0.717, 1.165) is 12.8 Å². The predicted molar refractivity (Wildman–Crippen MR) is 101 cm³/mol.